The van der Waals surface area contributed by atoms with E-state index in [-0.39, 0.29) is 35.8 Å². The van der Waals surface area contributed by atoms with Crippen LogP contribution in [0.25, 0.3) is 0 Å². The maximum absolute atomic E-state index is 10.8. The molecule has 1 heterocycles. The quantitative estimate of drug-likeness (QED) is 0.197. The summed E-state index contributed by atoms with van der Waals surface area (Å²) in [6.07, 6.45) is 1.16. The summed E-state index contributed by atoms with van der Waals surface area (Å²) in [6, 6.07) is 14.3. The third kappa shape index (κ3) is 6.84. The first-order valence-corrected chi connectivity index (χ1v) is 9.63. The van der Waals surface area contributed by atoms with Crippen LogP contribution in [0.5, 0.6) is 5.75 Å². The summed E-state index contributed by atoms with van der Waals surface area (Å²) in [7, 11) is 1.64. The Morgan fingerprint density at radius 2 is 1.77 bits per heavy atom. The van der Waals surface area contributed by atoms with E-state index in [2.05, 4.69) is 10.2 Å². The number of nitro benzene ring substituents is 1. The summed E-state index contributed by atoms with van der Waals surface area (Å²) >= 11 is 0. The fourth-order valence-corrected chi connectivity index (χ4v) is 3.16. The Balaban J connectivity index is 0.00000320. The number of non-ortho nitro benzene ring substituents is 1. The Labute approximate surface area is 193 Å². The average Bonchev–Trinajstić information content (AvgIpc) is 2.75. The molecule has 1 fully saturated rings. The summed E-state index contributed by atoms with van der Waals surface area (Å²) in [5, 5.41) is 24.0. The van der Waals surface area contributed by atoms with Gasteiger partial charge in [-0.15, -0.1) is 24.0 Å². The van der Waals surface area contributed by atoms with Crippen molar-refractivity contribution < 1.29 is 14.8 Å². The number of aliphatic hydroxyl groups excluding tert-OH is 1. The largest absolute Gasteiger partial charge is 0.497 e. The van der Waals surface area contributed by atoms with Gasteiger partial charge in [-0.05, 0) is 36.1 Å². The van der Waals surface area contributed by atoms with Gasteiger partial charge in [0.25, 0.3) is 5.69 Å². The standard InChI is InChI=1S/C21H26N4O4.HI/c1-29-20-8-4-17(5-9-20)15-23-21(24-12-10-19(26)11-13-24)22-14-16-2-6-18(7-3-16)25(27)28;/h2-9,19,26H,10-15H2,1H3,(H,22,23);1H. The van der Waals surface area contributed by atoms with Gasteiger partial charge in [0.1, 0.15) is 5.75 Å². The first-order valence-electron chi connectivity index (χ1n) is 9.63. The lowest BCUT2D eigenvalue weighted by molar-refractivity contribution is -0.384. The number of aliphatic hydroxyl groups is 1. The van der Waals surface area contributed by atoms with Gasteiger partial charge in [-0.2, -0.15) is 0 Å². The fourth-order valence-electron chi connectivity index (χ4n) is 3.16. The van der Waals surface area contributed by atoms with Crippen LogP contribution in [0.2, 0.25) is 0 Å². The van der Waals surface area contributed by atoms with Crippen LogP contribution in [-0.2, 0) is 13.1 Å². The van der Waals surface area contributed by atoms with E-state index in [1.807, 2.05) is 24.3 Å². The van der Waals surface area contributed by atoms with E-state index >= 15 is 0 Å². The summed E-state index contributed by atoms with van der Waals surface area (Å²) < 4.78 is 5.19. The van der Waals surface area contributed by atoms with Crippen LogP contribution in [0.15, 0.2) is 53.5 Å². The molecule has 2 aromatic carbocycles. The molecule has 1 saturated heterocycles. The van der Waals surface area contributed by atoms with Gasteiger partial charge in [0.15, 0.2) is 5.96 Å². The van der Waals surface area contributed by atoms with E-state index < -0.39 is 4.92 Å². The first-order chi connectivity index (χ1) is 14.0. The Bertz CT molecular complexity index is 835. The Morgan fingerprint density at radius 1 is 1.17 bits per heavy atom. The average molecular weight is 526 g/mol. The molecule has 0 amide bonds. The third-order valence-electron chi connectivity index (χ3n) is 4.93. The number of likely N-dealkylation sites (tertiary alicyclic amines) is 1. The molecule has 2 aromatic rings. The zero-order valence-corrected chi connectivity index (χ0v) is 19.2. The molecule has 1 aliphatic heterocycles. The fraction of sp³-hybridized carbons (Fsp3) is 0.381. The number of nitrogens with one attached hydrogen (secondary N) is 1. The van der Waals surface area contributed by atoms with Crippen LogP contribution in [0, 0.1) is 10.1 Å². The van der Waals surface area contributed by atoms with Crippen LogP contribution in [0.4, 0.5) is 5.69 Å². The number of aliphatic imine (C=N–C) groups is 1. The van der Waals surface area contributed by atoms with Crippen LogP contribution >= 0.6 is 24.0 Å². The van der Waals surface area contributed by atoms with Crippen molar-refractivity contribution in [1.29, 1.82) is 0 Å². The lowest BCUT2D eigenvalue weighted by Gasteiger charge is -2.32. The number of benzene rings is 2. The van der Waals surface area contributed by atoms with Gasteiger partial charge in [0.05, 0.1) is 24.7 Å². The maximum atomic E-state index is 10.8. The maximum Gasteiger partial charge on any atom is 0.269 e. The van der Waals surface area contributed by atoms with Crippen molar-refractivity contribution in [3.05, 3.63) is 69.8 Å². The summed E-state index contributed by atoms with van der Waals surface area (Å²) in [6.45, 7) is 2.50. The van der Waals surface area contributed by atoms with Gasteiger partial charge >= 0.3 is 0 Å². The number of hydrogen-bond acceptors (Lipinski definition) is 5. The molecule has 0 aliphatic carbocycles. The second kappa shape index (κ2) is 11.7. The lowest BCUT2D eigenvalue weighted by Crippen LogP contribution is -2.46. The molecule has 2 N–H and O–H groups in total. The highest BCUT2D eigenvalue weighted by atomic mass is 127. The highest BCUT2D eigenvalue weighted by Gasteiger charge is 2.20. The second-order valence-corrected chi connectivity index (χ2v) is 6.98. The smallest absolute Gasteiger partial charge is 0.269 e. The monoisotopic (exact) mass is 526 g/mol. The predicted molar refractivity (Wildman–Crippen MR) is 126 cm³/mol. The van der Waals surface area contributed by atoms with E-state index in [0.717, 1.165) is 35.9 Å². The highest BCUT2D eigenvalue weighted by molar-refractivity contribution is 14.0. The van der Waals surface area contributed by atoms with Gasteiger partial charge in [-0.1, -0.05) is 24.3 Å². The molecule has 0 bridgehead atoms. The minimum Gasteiger partial charge on any atom is -0.497 e. The summed E-state index contributed by atoms with van der Waals surface area (Å²) in [4.78, 5) is 17.3. The first kappa shape index (κ1) is 23.9. The number of methoxy groups -OCH3 is 1. The number of nitro groups is 1. The number of rotatable bonds is 6. The normalized spacial score (nSPS) is 14.7. The number of guanidine groups is 1. The van der Waals surface area contributed by atoms with Crippen molar-refractivity contribution in [2.45, 2.75) is 32.0 Å². The molecule has 3 rings (SSSR count). The number of ether oxygens (including phenoxy) is 1. The third-order valence-corrected chi connectivity index (χ3v) is 4.93. The second-order valence-electron chi connectivity index (χ2n) is 6.98. The van der Waals surface area contributed by atoms with Crippen LogP contribution in [-0.4, -0.2) is 47.2 Å². The van der Waals surface area contributed by atoms with E-state index in [9.17, 15) is 15.2 Å². The van der Waals surface area contributed by atoms with Crippen LogP contribution < -0.4 is 10.1 Å². The number of nitrogens with zero attached hydrogens (tertiary/aromatic N) is 3. The van der Waals surface area contributed by atoms with Crippen molar-refractivity contribution in [3.8, 4) is 5.75 Å². The Morgan fingerprint density at radius 3 is 2.33 bits per heavy atom. The van der Waals surface area contributed by atoms with Gasteiger partial charge in [0, 0.05) is 31.8 Å². The molecule has 1 aliphatic rings. The predicted octanol–water partition coefficient (Wildman–Crippen LogP) is 3.32. The van der Waals surface area contributed by atoms with Gasteiger partial charge < -0.3 is 20.1 Å². The molecule has 0 radical (unpaired) electrons. The minimum atomic E-state index is -0.405. The van der Waals surface area contributed by atoms with Gasteiger partial charge in [-0.25, -0.2) is 4.99 Å². The zero-order chi connectivity index (χ0) is 20.6. The SMILES string of the molecule is COc1ccc(CN=C(NCc2ccc([N+](=O)[O-])cc2)N2CCC(O)CC2)cc1.I. The number of piperidine rings is 1. The van der Waals surface area contributed by atoms with Crippen LogP contribution in [0.3, 0.4) is 0 Å². The van der Waals surface area contributed by atoms with Crippen molar-refractivity contribution in [2.24, 2.45) is 4.99 Å². The molecular formula is C21H27IN4O4. The van der Waals surface area contributed by atoms with Crippen molar-refractivity contribution in [3.63, 3.8) is 0 Å². The molecule has 162 valence electrons. The van der Waals surface area contributed by atoms with Crippen LogP contribution in [0.1, 0.15) is 24.0 Å². The van der Waals surface area contributed by atoms with Crippen molar-refractivity contribution >= 4 is 35.6 Å². The van der Waals surface area contributed by atoms with Crippen molar-refractivity contribution in [2.75, 3.05) is 20.2 Å². The molecule has 8 nitrogen and oxygen atoms in total. The molecule has 30 heavy (non-hydrogen) atoms. The molecule has 0 atom stereocenters. The Kier molecular flexibility index (Phi) is 9.31. The van der Waals surface area contributed by atoms with E-state index in [0.29, 0.717) is 25.9 Å². The zero-order valence-electron chi connectivity index (χ0n) is 16.9. The number of halogens is 1. The molecule has 0 aromatic heterocycles. The van der Waals surface area contributed by atoms with E-state index in [1.54, 1.807) is 19.2 Å². The lowest BCUT2D eigenvalue weighted by atomic mass is 10.1. The molecule has 0 unspecified atom stereocenters. The summed E-state index contributed by atoms with van der Waals surface area (Å²) in [5.74, 6) is 1.57. The molecular weight excluding hydrogens is 499 g/mol. The van der Waals surface area contributed by atoms with Gasteiger partial charge in [-0.3, -0.25) is 10.1 Å². The Hall–Kier alpha value is -2.40. The van der Waals surface area contributed by atoms with Gasteiger partial charge in [0.2, 0.25) is 0 Å². The molecule has 0 spiro atoms. The molecule has 9 heteroatoms. The summed E-state index contributed by atoms with van der Waals surface area (Å²) in [5.41, 5.74) is 2.08. The van der Waals surface area contributed by atoms with Crippen molar-refractivity contribution in [1.82, 2.24) is 10.2 Å². The van der Waals surface area contributed by atoms with E-state index in [4.69, 9.17) is 9.73 Å². The minimum absolute atomic E-state index is 0. The molecule has 0 saturated carbocycles. The highest BCUT2D eigenvalue weighted by Crippen LogP contribution is 2.15. The van der Waals surface area contributed by atoms with E-state index in [1.165, 1.54) is 12.1 Å². The topological polar surface area (TPSA) is 100 Å². The number of hydrogen-bond donors (Lipinski definition) is 2.